The first-order valence-corrected chi connectivity index (χ1v) is 13.4. The molecule has 0 aliphatic carbocycles. The zero-order valence-electron chi connectivity index (χ0n) is 21.4. The topological polar surface area (TPSA) is 137 Å². The number of hydrogen-bond donors (Lipinski definition) is 5. The van der Waals surface area contributed by atoms with E-state index >= 15 is 0 Å². The Balaban J connectivity index is 0.000000818. The first-order valence-electron chi connectivity index (χ1n) is 11.9. The van der Waals surface area contributed by atoms with E-state index in [4.69, 9.17) is 9.29 Å². The van der Waals surface area contributed by atoms with E-state index in [0.29, 0.717) is 6.42 Å². The molecule has 0 spiro atoms. The van der Waals surface area contributed by atoms with Crippen molar-refractivity contribution in [2.24, 2.45) is 0 Å². The van der Waals surface area contributed by atoms with Crippen LogP contribution >= 0.6 is 0 Å². The zero-order valence-corrected chi connectivity index (χ0v) is 22.2. The fourth-order valence-corrected chi connectivity index (χ4v) is 3.22. The van der Waals surface area contributed by atoms with Gasteiger partial charge in [0.1, 0.15) is 5.60 Å². The normalized spacial score (nSPS) is 12.6. The van der Waals surface area contributed by atoms with E-state index in [1.54, 1.807) is 32.9 Å². The van der Waals surface area contributed by atoms with Crippen LogP contribution in [0.15, 0.2) is 29.2 Å². The van der Waals surface area contributed by atoms with Crippen molar-refractivity contribution in [2.75, 3.05) is 39.3 Å². The van der Waals surface area contributed by atoms with Crippen molar-refractivity contribution < 1.29 is 27.6 Å². The minimum Gasteiger partial charge on any atom is -0.458 e. The number of carbonyl (C=O) groups excluding carboxylic acids is 1. The molecular formula is C24H45N3O6S. The molecule has 0 saturated carbocycles. The number of nitrogens with one attached hydrogen (secondary N) is 3. The van der Waals surface area contributed by atoms with Gasteiger partial charge in [-0.2, -0.15) is 8.42 Å². The molecule has 0 aliphatic heterocycles. The van der Waals surface area contributed by atoms with E-state index in [0.717, 1.165) is 64.1 Å². The summed E-state index contributed by atoms with van der Waals surface area (Å²) in [6, 6.07) is 5.99. The number of aliphatic hydroxyl groups excluding tert-OH is 1. The molecule has 0 heterocycles. The van der Waals surface area contributed by atoms with Gasteiger partial charge in [-0.25, -0.2) is 4.79 Å². The second kappa shape index (κ2) is 17.8. The zero-order chi connectivity index (χ0) is 26.0. The molecule has 198 valence electrons. The number of esters is 1. The van der Waals surface area contributed by atoms with Crippen LogP contribution in [0.3, 0.4) is 0 Å². The molecule has 1 unspecified atom stereocenters. The molecule has 0 amide bonds. The second-order valence-electron chi connectivity index (χ2n) is 9.04. The molecule has 0 aromatic heterocycles. The standard InChI is InChI=1S/C17H37N3O3.C7H8O3S/c1-5-18-11-12-20-14-13-19-10-8-6-7-9-15(21)16(22)23-17(2,3)4;1-6-2-4-7(5-3-6)11(8,9)10/h15,18-21H,5-14H2,1-4H3;2-5H,1H3,(H,8,9,10). The number of rotatable bonds is 15. The Morgan fingerprint density at radius 3 is 1.97 bits per heavy atom. The Kier molecular flexibility index (Phi) is 17.0. The fourth-order valence-electron chi connectivity index (χ4n) is 2.74. The summed E-state index contributed by atoms with van der Waals surface area (Å²) in [6.07, 6.45) is 2.37. The molecular weight excluding hydrogens is 458 g/mol. The molecule has 34 heavy (non-hydrogen) atoms. The lowest BCUT2D eigenvalue weighted by Gasteiger charge is -2.21. The number of hydrogen-bond acceptors (Lipinski definition) is 8. The Morgan fingerprint density at radius 2 is 1.47 bits per heavy atom. The van der Waals surface area contributed by atoms with Crippen LogP contribution in [0.25, 0.3) is 0 Å². The molecule has 0 aliphatic rings. The summed E-state index contributed by atoms with van der Waals surface area (Å²) >= 11 is 0. The van der Waals surface area contributed by atoms with Crippen LogP contribution in [0.1, 0.15) is 58.9 Å². The highest BCUT2D eigenvalue weighted by Gasteiger charge is 2.22. The summed E-state index contributed by atoms with van der Waals surface area (Å²) in [4.78, 5) is 11.5. The fraction of sp³-hybridized carbons (Fsp3) is 0.708. The van der Waals surface area contributed by atoms with Crippen LogP contribution in [0, 0.1) is 6.92 Å². The number of likely N-dealkylation sites (N-methyl/N-ethyl adjacent to an activating group) is 1. The van der Waals surface area contributed by atoms with Gasteiger partial charge in [-0.1, -0.05) is 37.5 Å². The summed E-state index contributed by atoms with van der Waals surface area (Å²) in [7, 11) is -4.02. The molecule has 1 aromatic rings. The van der Waals surface area contributed by atoms with Gasteiger partial charge in [-0.15, -0.1) is 0 Å². The van der Waals surface area contributed by atoms with Crippen molar-refractivity contribution in [2.45, 2.75) is 76.9 Å². The summed E-state index contributed by atoms with van der Waals surface area (Å²) in [5, 5.41) is 19.7. The van der Waals surface area contributed by atoms with Crippen LogP contribution < -0.4 is 16.0 Å². The molecule has 0 saturated heterocycles. The third-order valence-corrected chi connectivity index (χ3v) is 5.40. The monoisotopic (exact) mass is 503 g/mol. The highest BCUT2D eigenvalue weighted by Crippen LogP contribution is 2.12. The molecule has 0 radical (unpaired) electrons. The Labute approximate surface area is 205 Å². The first kappa shape index (κ1) is 32.4. The van der Waals surface area contributed by atoms with Gasteiger partial charge in [0, 0.05) is 26.2 Å². The van der Waals surface area contributed by atoms with Crippen LogP contribution in [-0.4, -0.2) is 75.0 Å². The van der Waals surface area contributed by atoms with Crippen LogP contribution in [0.4, 0.5) is 0 Å². The number of aryl methyl sites for hydroxylation is 1. The van der Waals surface area contributed by atoms with E-state index in [9.17, 15) is 18.3 Å². The molecule has 1 aromatic carbocycles. The maximum atomic E-state index is 11.6. The lowest BCUT2D eigenvalue weighted by Crippen LogP contribution is -2.33. The molecule has 9 nitrogen and oxygen atoms in total. The van der Waals surface area contributed by atoms with Gasteiger partial charge in [-0.05, 0) is 65.8 Å². The lowest BCUT2D eigenvalue weighted by atomic mass is 10.1. The van der Waals surface area contributed by atoms with Crippen molar-refractivity contribution in [1.82, 2.24) is 16.0 Å². The number of ether oxygens (including phenoxy) is 1. The number of carbonyl (C=O) groups is 1. The smallest absolute Gasteiger partial charge is 0.335 e. The first-order chi connectivity index (χ1) is 15.9. The third kappa shape index (κ3) is 18.8. The predicted octanol–water partition coefficient (Wildman–Crippen LogP) is 2.28. The Morgan fingerprint density at radius 1 is 0.941 bits per heavy atom. The molecule has 5 N–H and O–H groups in total. The van der Waals surface area contributed by atoms with E-state index in [1.807, 2.05) is 6.92 Å². The van der Waals surface area contributed by atoms with Crippen molar-refractivity contribution in [3.05, 3.63) is 29.8 Å². The minimum absolute atomic E-state index is 0.0666. The van der Waals surface area contributed by atoms with Crippen LogP contribution in [-0.2, 0) is 19.6 Å². The summed E-state index contributed by atoms with van der Waals surface area (Å²) in [6.45, 7) is 15.3. The third-order valence-electron chi connectivity index (χ3n) is 4.54. The van der Waals surface area contributed by atoms with E-state index in [1.165, 1.54) is 12.1 Å². The van der Waals surface area contributed by atoms with Crippen molar-refractivity contribution >= 4 is 16.1 Å². The predicted molar refractivity (Wildman–Crippen MR) is 136 cm³/mol. The van der Waals surface area contributed by atoms with E-state index in [2.05, 4.69) is 22.9 Å². The van der Waals surface area contributed by atoms with Gasteiger partial charge in [-0.3, -0.25) is 4.55 Å². The van der Waals surface area contributed by atoms with Gasteiger partial charge in [0.25, 0.3) is 10.1 Å². The number of aliphatic hydroxyl groups is 1. The van der Waals surface area contributed by atoms with Gasteiger partial charge in [0.05, 0.1) is 4.90 Å². The molecule has 10 heteroatoms. The highest BCUT2D eigenvalue weighted by atomic mass is 32.2. The average molecular weight is 504 g/mol. The summed E-state index contributed by atoms with van der Waals surface area (Å²) in [5.74, 6) is -0.515. The number of unbranched alkanes of at least 4 members (excludes halogenated alkanes) is 2. The SMILES string of the molecule is CCNCCNCCNCCCCCC(O)C(=O)OC(C)(C)C.Cc1ccc(S(=O)(=O)O)cc1. The van der Waals surface area contributed by atoms with Crippen molar-refractivity contribution in [1.29, 1.82) is 0 Å². The highest BCUT2D eigenvalue weighted by molar-refractivity contribution is 7.85. The van der Waals surface area contributed by atoms with E-state index in [-0.39, 0.29) is 4.90 Å². The minimum atomic E-state index is -4.02. The largest absolute Gasteiger partial charge is 0.458 e. The van der Waals surface area contributed by atoms with E-state index < -0.39 is 27.8 Å². The maximum absolute atomic E-state index is 11.6. The van der Waals surface area contributed by atoms with Crippen molar-refractivity contribution in [3.8, 4) is 0 Å². The van der Waals surface area contributed by atoms with Gasteiger partial charge in [0.15, 0.2) is 6.10 Å². The Bertz CT molecular complexity index is 764. The summed E-state index contributed by atoms with van der Waals surface area (Å²) in [5.41, 5.74) is 0.417. The van der Waals surface area contributed by atoms with Gasteiger partial charge >= 0.3 is 5.97 Å². The maximum Gasteiger partial charge on any atom is 0.335 e. The quantitative estimate of drug-likeness (QED) is 0.139. The lowest BCUT2D eigenvalue weighted by molar-refractivity contribution is -0.165. The Hall–Kier alpha value is -1.56. The van der Waals surface area contributed by atoms with Crippen LogP contribution in [0.5, 0.6) is 0 Å². The second-order valence-corrected chi connectivity index (χ2v) is 10.5. The van der Waals surface area contributed by atoms with Crippen LogP contribution in [0.2, 0.25) is 0 Å². The molecule has 1 atom stereocenters. The molecule has 0 bridgehead atoms. The molecule has 0 fully saturated rings. The summed E-state index contributed by atoms with van der Waals surface area (Å²) < 4.78 is 34.7. The number of benzene rings is 1. The van der Waals surface area contributed by atoms with Gasteiger partial charge in [0.2, 0.25) is 0 Å². The van der Waals surface area contributed by atoms with Crippen molar-refractivity contribution in [3.63, 3.8) is 0 Å². The molecule has 1 rings (SSSR count). The van der Waals surface area contributed by atoms with Gasteiger partial charge < -0.3 is 25.8 Å². The average Bonchev–Trinajstić information content (AvgIpc) is 2.73.